The minimum atomic E-state index is 0.656. The summed E-state index contributed by atoms with van der Waals surface area (Å²) in [5, 5.41) is 3.75. The lowest BCUT2D eigenvalue weighted by Crippen LogP contribution is -2.45. The van der Waals surface area contributed by atoms with Crippen molar-refractivity contribution < 1.29 is 0 Å². The fourth-order valence-electron chi connectivity index (χ4n) is 2.95. The average molecular weight is 226 g/mol. The molecule has 16 heavy (non-hydrogen) atoms. The van der Waals surface area contributed by atoms with Crippen molar-refractivity contribution in [3.8, 4) is 0 Å². The Kier molecular flexibility index (Phi) is 5.77. The van der Waals surface area contributed by atoms with Crippen LogP contribution < -0.4 is 5.32 Å². The van der Waals surface area contributed by atoms with E-state index in [2.05, 4.69) is 45.1 Å². The second-order valence-electron chi connectivity index (χ2n) is 6.02. The molecule has 2 heteroatoms. The van der Waals surface area contributed by atoms with Crippen molar-refractivity contribution in [1.82, 2.24) is 10.2 Å². The molecule has 1 aliphatic carbocycles. The molecule has 0 radical (unpaired) electrons. The first kappa shape index (κ1) is 14.0. The highest BCUT2D eigenvalue weighted by Crippen LogP contribution is 2.27. The third kappa shape index (κ3) is 4.06. The highest BCUT2D eigenvalue weighted by molar-refractivity contribution is 4.80. The Balaban J connectivity index is 2.30. The van der Waals surface area contributed by atoms with Crippen LogP contribution in [-0.4, -0.2) is 37.6 Å². The van der Waals surface area contributed by atoms with Gasteiger partial charge in [0.1, 0.15) is 0 Å². The molecule has 2 atom stereocenters. The van der Waals surface area contributed by atoms with Crippen molar-refractivity contribution in [2.75, 3.05) is 20.6 Å². The highest BCUT2D eigenvalue weighted by Gasteiger charge is 2.23. The molecule has 0 bridgehead atoms. The minimum absolute atomic E-state index is 0.656. The van der Waals surface area contributed by atoms with Crippen molar-refractivity contribution in [3.05, 3.63) is 0 Å². The number of hydrogen-bond donors (Lipinski definition) is 1. The van der Waals surface area contributed by atoms with E-state index in [1.54, 1.807) is 0 Å². The van der Waals surface area contributed by atoms with Crippen LogP contribution in [0.25, 0.3) is 0 Å². The first-order valence-electron chi connectivity index (χ1n) is 6.92. The monoisotopic (exact) mass is 226 g/mol. The van der Waals surface area contributed by atoms with E-state index in [1.807, 2.05) is 0 Å². The van der Waals surface area contributed by atoms with Gasteiger partial charge >= 0.3 is 0 Å². The van der Waals surface area contributed by atoms with Crippen molar-refractivity contribution in [2.45, 2.75) is 58.5 Å². The molecule has 1 aliphatic rings. The normalized spacial score (nSPS) is 21.9. The van der Waals surface area contributed by atoms with Crippen LogP contribution in [0.2, 0.25) is 0 Å². The number of hydrogen-bond acceptors (Lipinski definition) is 2. The Morgan fingerprint density at radius 3 is 2.12 bits per heavy atom. The molecule has 0 aromatic carbocycles. The van der Waals surface area contributed by atoms with Gasteiger partial charge in [-0.25, -0.2) is 0 Å². The van der Waals surface area contributed by atoms with Gasteiger partial charge in [-0.1, -0.05) is 26.7 Å². The van der Waals surface area contributed by atoms with E-state index in [0.29, 0.717) is 12.1 Å². The predicted octanol–water partition coefficient (Wildman–Crippen LogP) is 2.74. The van der Waals surface area contributed by atoms with Crippen LogP contribution in [0.3, 0.4) is 0 Å². The maximum atomic E-state index is 3.75. The average Bonchev–Trinajstić information content (AvgIpc) is 2.69. The summed E-state index contributed by atoms with van der Waals surface area (Å²) in [5.74, 6) is 1.65. The summed E-state index contributed by atoms with van der Waals surface area (Å²) in [7, 11) is 4.37. The van der Waals surface area contributed by atoms with Crippen molar-refractivity contribution in [1.29, 1.82) is 0 Å². The quantitative estimate of drug-likeness (QED) is 0.749. The van der Waals surface area contributed by atoms with Crippen LogP contribution in [-0.2, 0) is 0 Å². The van der Waals surface area contributed by atoms with Gasteiger partial charge in [-0.05, 0) is 45.7 Å². The molecule has 0 aromatic rings. The van der Waals surface area contributed by atoms with Crippen LogP contribution in [0.4, 0.5) is 0 Å². The fourth-order valence-corrected chi connectivity index (χ4v) is 2.95. The second kappa shape index (κ2) is 6.61. The standard InChI is InChI=1S/C14H30N2/c1-11(2)14(16(4)5)10-15-12(3)13-8-6-7-9-13/h11-15H,6-10H2,1-5H3. The summed E-state index contributed by atoms with van der Waals surface area (Å²) in [6, 6.07) is 1.35. The Hall–Kier alpha value is -0.0800. The summed E-state index contributed by atoms with van der Waals surface area (Å²) >= 11 is 0. The van der Waals surface area contributed by atoms with E-state index >= 15 is 0 Å². The van der Waals surface area contributed by atoms with Gasteiger partial charge in [-0.3, -0.25) is 0 Å². The molecule has 0 saturated heterocycles. The van der Waals surface area contributed by atoms with Crippen LogP contribution in [0, 0.1) is 11.8 Å². The van der Waals surface area contributed by atoms with Crippen molar-refractivity contribution in [3.63, 3.8) is 0 Å². The third-order valence-electron chi connectivity index (χ3n) is 4.19. The van der Waals surface area contributed by atoms with Crippen LogP contribution in [0.5, 0.6) is 0 Å². The third-order valence-corrected chi connectivity index (χ3v) is 4.19. The molecule has 1 fully saturated rings. The lowest BCUT2D eigenvalue weighted by molar-refractivity contribution is 0.212. The predicted molar refractivity (Wildman–Crippen MR) is 71.7 cm³/mol. The minimum Gasteiger partial charge on any atom is -0.312 e. The summed E-state index contributed by atoms with van der Waals surface area (Å²) in [5.41, 5.74) is 0. The first-order valence-corrected chi connectivity index (χ1v) is 6.92. The second-order valence-corrected chi connectivity index (χ2v) is 6.02. The Bertz CT molecular complexity index is 175. The first-order chi connectivity index (χ1) is 7.52. The molecule has 0 aliphatic heterocycles. The molecular formula is C14H30N2. The fraction of sp³-hybridized carbons (Fsp3) is 1.00. The molecule has 0 amide bonds. The molecule has 2 unspecified atom stereocenters. The summed E-state index contributed by atoms with van der Waals surface area (Å²) in [4.78, 5) is 2.35. The molecule has 0 heterocycles. The maximum Gasteiger partial charge on any atom is 0.0237 e. The van der Waals surface area contributed by atoms with E-state index in [9.17, 15) is 0 Å². The van der Waals surface area contributed by atoms with Gasteiger partial charge in [0.2, 0.25) is 0 Å². The van der Waals surface area contributed by atoms with Gasteiger partial charge in [-0.2, -0.15) is 0 Å². The molecule has 1 rings (SSSR count). The van der Waals surface area contributed by atoms with Crippen LogP contribution >= 0.6 is 0 Å². The van der Waals surface area contributed by atoms with Gasteiger partial charge in [0.15, 0.2) is 0 Å². The molecule has 96 valence electrons. The largest absolute Gasteiger partial charge is 0.312 e. The number of likely N-dealkylation sites (N-methyl/N-ethyl adjacent to an activating group) is 1. The summed E-state index contributed by atoms with van der Waals surface area (Å²) in [6.45, 7) is 8.12. The lowest BCUT2D eigenvalue weighted by Gasteiger charge is -2.31. The molecule has 1 saturated carbocycles. The zero-order valence-electron chi connectivity index (χ0n) is 11.8. The molecular weight excluding hydrogens is 196 g/mol. The van der Waals surface area contributed by atoms with Gasteiger partial charge in [0.05, 0.1) is 0 Å². The van der Waals surface area contributed by atoms with E-state index in [-0.39, 0.29) is 0 Å². The van der Waals surface area contributed by atoms with Gasteiger partial charge in [-0.15, -0.1) is 0 Å². The molecule has 0 aromatic heterocycles. The summed E-state index contributed by atoms with van der Waals surface area (Å²) < 4.78 is 0. The zero-order chi connectivity index (χ0) is 12.1. The van der Waals surface area contributed by atoms with E-state index in [4.69, 9.17) is 0 Å². The number of nitrogens with zero attached hydrogens (tertiary/aromatic N) is 1. The van der Waals surface area contributed by atoms with Crippen LogP contribution in [0.1, 0.15) is 46.5 Å². The van der Waals surface area contributed by atoms with Crippen LogP contribution in [0.15, 0.2) is 0 Å². The smallest absolute Gasteiger partial charge is 0.0237 e. The topological polar surface area (TPSA) is 15.3 Å². The zero-order valence-corrected chi connectivity index (χ0v) is 11.8. The molecule has 1 N–H and O–H groups in total. The van der Waals surface area contributed by atoms with Gasteiger partial charge < -0.3 is 10.2 Å². The number of nitrogens with one attached hydrogen (secondary N) is 1. The Morgan fingerprint density at radius 2 is 1.69 bits per heavy atom. The Labute approximate surface area is 102 Å². The van der Waals surface area contributed by atoms with Gasteiger partial charge in [0, 0.05) is 18.6 Å². The van der Waals surface area contributed by atoms with E-state index in [1.165, 1.54) is 25.7 Å². The van der Waals surface area contributed by atoms with Crippen molar-refractivity contribution >= 4 is 0 Å². The molecule has 2 nitrogen and oxygen atoms in total. The van der Waals surface area contributed by atoms with Gasteiger partial charge in [0.25, 0.3) is 0 Å². The van der Waals surface area contributed by atoms with E-state index in [0.717, 1.165) is 18.4 Å². The highest BCUT2D eigenvalue weighted by atomic mass is 15.1. The lowest BCUT2D eigenvalue weighted by atomic mass is 9.98. The Morgan fingerprint density at radius 1 is 1.12 bits per heavy atom. The van der Waals surface area contributed by atoms with E-state index < -0.39 is 0 Å². The maximum absolute atomic E-state index is 3.75. The molecule has 0 spiro atoms. The van der Waals surface area contributed by atoms with Crippen molar-refractivity contribution in [2.24, 2.45) is 11.8 Å². The summed E-state index contributed by atoms with van der Waals surface area (Å²) in [6.07, 6.45) is 5.75. The number of rotatable bonds is 6. The SMILES string of the molecule is CC(C)C(CNC(C)C1CCCC1)N(C)C.